The van der Waals surface area contributed by atoms with E-state index in [0.717, 1.165) is 11.8 Å². The van der Waals surface area contributed by atoms with E-state index in [1.165, 1.54) is 29.6 Å². The minimum Gasteiger partial charge on any atom is -0.506 e. The summed E-state index contributed by atoms with van der Waals surface area (Å²) in [5, 5.41) is 22.5. The molecule has 1 atom stereocenters. The Balaban J connectivity index is 1.63. The number of halogens is 1. The molecule has 13 heteroatoms. The number of carbonyl (C=O) groups excluding carboxylic acids is 1. The van der Waals surface area contributed by atoms with Crippen LogP contribution in [-0.2, 0) is 21.2 Å². The third-order valence-corrected chi connectivity index (χ3v) is 7.17. The molecule has 41 heavy (non-hydrogen) atoms. The zero-order valence-electron chi connectivity index (χ0n) is 22.5. The molecule has 1 amide bonds. The van der Waals surface area contributed by atoms with Crippen molar-refractivity contribution in [3.8, 4) is 28.7 Å². The van der Waals surface area contributed by atoms with Crippen molar-refractivity contribution in [2.24, 2.45) is 0 Å². The summed E-state index contributed by atoms with van der Waals surface area (Å²) in [6, 6.07) is 14.9. The molecule has 0 saturated carbocycles. The van der Waals surface area contributed by atoms with E-state index >= 15 is 0 Å². The minimum absolute atomic E-state index is 0.148. The summed E-state index contributed by atoms with van der Waals surface area (Å²) < 4.78 is 36.1. The Labute approximate surface area is 242 Å². The number of oxazole rings is 1. The largest absolute Gasteiger partial charge is 0.506 e. The molecule has 11 nitrogen and oxygen atoms in total. The number of hydrogen-bond donors (Lipinski definition) is 4. The van der Waals surface area contributed by atoms with Crippen molar-refractivity contribution in [1.82, 2.24) is 10.4 Å². The maximum atomic E-state index is 13.8. The highest BCUT2D eigenvalue weighted by Crippen LogP contribution is 2.37. The van der Waals surface area contributed by atoms with E-state index in [2.05, 4.69) is 15.1 Å². The smallest absolute Gasteiger partial charge is 0.248 e. The molecule has 1 aromatic heterocycles. The second-order valence-electron chi connectivity index (χ2n) is 9.17. The number of rotatable bonds is 11. The summed E-state index contributed by atoms with van der Waals surface area (Å²) in [5.41, 5.74) is 4.84. The number of benzene rings is 3. The van der Waals surface area contributed by atoms with Gasteiger partial charge in [0.2, 0.25) is 21.8 Å². The molecule has 0 spiro atoms. The molecule has 1 heterocycles. The zero-order chi connectivity index (χ0) is 29.7. The van der Waals surface area contributed by atoms with E-state index in [4.69, 9.17) is 20.8 Å². The third kappa shape index (κ3) is 7.09. The van der Waals surface area contributed by atoms with Gasteiger partial charge in [0.05, 0.1) is 41.8 Å². The van der Waals surface area contributed by atoms with Crippen molar-refractivity contribution in [1.29, 1.82) is 0 Å². The Bertz CT molecular complexity index is 1630. The second kappa shape index (κ2) is 12.5. The summed E-state index contributed by atoms with van der Waals surface area (Å²) in [4.78, 5) is 18.0. The van der Waals surface area contributed by atoms with Crippen LogP contribution in [0.4, 0.5) is 11.4 Å². The molecule has 4 N–H and O–H groups in total. The van der Waals surface area contributed by atoms with Gasteiger partial charge in [-0.05, 0) is 60.9 Å². The molecule has 216 valence electrons. The van der Waals surface area contributed by atoms with E-state index in [1.807, 2.05) is 12.1 Å². The van der Waals surface area contributed by atoms with E-state index in [-0.39, 0.29) is 30.5 Å². The molecule has 0 fully saturated rings. The fourth-order valence-electron chi connectivity index (χ4n) is 4.11. The first-order valence-corrected chi connectivity index (χ1v) is 14.7. The number of aromatic hydroxyl groups is 2. The summed E-state index contributed by atoms with van der Waals surface area (Å²) >= 11 is 6.40. The Kier molecular flexibility index (Phi) is 9.06. The summed E-state index contributed by atoms with van der Waals surface area (Å²) in [6.07, 6.45) is 3.99. The lowest BCUT2D eigenvalue weighted by Crippen LogP contribution is -2.46. The van der Waals surface area contributed by atoms with Crippen LogP contribution >= 0.6 is 11.6 Å². The van der Waals surface area contributed by atoms with Gasteiger partial charge in [-0.3, -0.25) is 9.52 Å². The molecular weight excluding hydrogens is 572 g/mol. The molecule has 4 rings (SSSR count). The Hall–Kier alpha value is -4.26. The van der Waals surface area contributed by atoms with Gasteiger partial charge in [-0.25, -0.2) is 23.8 Å². The van der Waals surface area contributed by atoms with Gasteiger partial charge < -0.3 is 19.4 Å². The van der Waals surface area contributed by atoms with Crippen LogP contribution in [0.1, 0.15) is 24.0 Å². The molecule has 0 radical (unpaired) electrons. The van der Waals surface area contributed by atoms with Gasteiger partial charge in [0.25, 0.3) is 0 Å². The number of amides is 1. The van der Waals surface area contributed by atoms with Crippen molar-refractivity contribution < 1.29 is 32.6 Å². The van der Waals surface area contributed by atoms with Gasteiger partial charge in [-0.15, -0.1) is 0 Å². The number of nitrogens with zero attached hydrogens (tertiary/aromatic N) is 2. The van der Waals surface area contributed by atoms with Crippen LogP contribution in [-0.4, -0.2) is 49.4 Å². The number of aromatic nitrogens is 1. The lowest BCUT2D eigenvalue weighted by molar-refractivity contribution is -0.120. The predicted molar refractivity (Wildman–Crippen MR) is 156 cm³/mol. The second-order valence-corrected chi connectivity index (χ2v) is 11.3. The molecule has 0 saturated heterocycles. The fourth-order valence-corrected chi connectivity index (χ4v) is 4.88. The van der Waals surface area contributed by atoms with E-state index in [0.29, 0.717) is 27.6 Å². The number of methoxy groups -OCH3 is 1. The number of ether oxygens (including phenoxy) is 1. The topological polar surface area (TPSA) is 154 Å². The lowest BCUT2D eigenvalue weighted by Gasteiger charge is -2.27. The average Bonchev–Trinajstić information content (AvgIpc) is 3.49. The molecule has 0 aliphatic heterocycles. The minimum atomic E-state index is -3.76. The molecule has 4 aromatic rings. The molecule has 1 unspecified atom stereocenters. The third-order valence-electron chi connectivity index (χ3n) is 6.27. The standard InChI is InChI=1S/C28H29ClN4O7S/c1-17(18-4-8-21(39-2)9-5-18)28(36)33(20-7-10-23(29)22(16-20)27-30-14-15-40-27)31-13-12-19-6-11-24(34)25(26(19)35)32-41(3,37)38/h4-11,14-17,31-32,34-35H,12-13H2,1-3H3. The number of hydrazine groups is 1. The van der Waals surface area contributed by atoms with Crippen molar-refractivity contribution in [2.75, 3.05) is 29.6 Å². The first-order chi connectivity index (χ1) is 19.5. The number of hydrogen-bond acceptors (Lipinski definition) is 9. The van der Waals surface area contributed by atoms with Gasteiger partial charge in [0.1, 0.15) is 29.2 Å². The maximum absolute atomic E-state index is 13.8. The molecule has 0 bridgehead atoms. The van der Waals surface area contributed by atoms with Crippen molar-refractivity contribution in [3.63, 3.8) is 0 Å². The quantitative estimate of drug-likeness (QED) is 0.142. The first-order valence-electron chi connectivity index (χ1n) is 12.4. The normalized spacial score (nSPS) is 12.1. The highest BCUT2D eigenvalue weighted by atomic mass is 35.5. The SMILES string of the molecule is COc1ccc(C(C)C(=O)N(NCCc2ccc(O)c(NS(C)(=O)=O)c2O)c2ccc(Cl)c(-c3ncco3)c2)cc1. The number of phenols is 2. The van der Waals surface area contributed by atoms with Crippen LogP contribution in [0.2, 0.25) is 5.02 Å². The van der Waals surface area contributed by atoms with Crippen LogP contribution in [0.5, 0.6) is 17.2 Å². The molecule has 0 aliphatic rings. The average molecular weight is 601 g/mol. The Morgan fingerprint density at radius 1 is 1.15 bits per heavy atom. The van der Waals surface area contributed by atoms with Crippen LogP contribution in [0.3, 0.4) is 0 Å². The Morgan fingerprint density at radius 2 is 1.88 bits per heavy atom. The fraction of sp³-hybridized carbons (Fsp3) is 0.214. The Morgan fingerprint density at radius 3 is 2.51 bits per heavy atom. The highest BCUT2D eigenvalue weighted by Gasteiger charge is 2.25. The summed E-state index contributed by atoms with van der Waals surface area (Å²) in [7, 11) is -2.19. The molecule has 3 aromatic carbocycles. The monoisotopic (exact) mass is 600 g/mol. The summed E-state index contributed by atoms with van der Waals surface area (Å²) in [5.74, 6) is -0.746. The van der Waals surface area contributed by atoms with Crippen LogP contribution in [0, 0.1) is 0 Å². The van der Waals surface area contributed by atoms with Gasteiger partial charge in [-0.2, -0.15) is 0 Å². The van der Waals surface area contributed by atoms with E-state index in [9.17, 15) is 23.4 Å². The van der Waals surface area contributed by atoms with Gasteiger partial charge in [0.15, 0.2) is 0 Å². The first kappa shape index (κ1) is 29.7. The maximum Gasteiger partial charge on any atom is 0.248 e. The summed E-state index contributed by atoms with van der Waals surface area (Å²) in [6.45, 7) is 1.92. The molecular formula is C28H29ClN4O7S. The molecule has 0 aliphatic carbocycles. The number of phenolic OH excluding ortho intramolecular Hbond substituents is 2. The van der Waals surface area contributed by atoms with Crippen molar-refractivity contribution in [3.05, 3.63) is 83.2 Å². The van der Waals surface area contributed by atoms with Crippen LogP contribution in [0.15, 0.2) is 71.5 Å². The van der Waals surface area contributed by atoms with Gasteiger partial charge in [-0.1, -0.05) is 29.8 Å². The van der Waals surface area contributed by atoms with Crippen molar-refractivity contribution >= 4 is 38.9 Å². The highest BCUT2D eigenvalue weighted by molar-refractivity contribution is 7.92. The predicted octanol–water partition coefficient (Wildman–Crippen LogP) is 4.67. The number of nitrogens with one attached hydrogen (secondary N) is 2. The van der Waals surface area contributed by atoms with E-state index < -0.39 is 27.4 Å². The van der Waals surface area contributed by atoms with Crippen molar-refractivity contribution in [2.45, 2.75) is 19.3 Å². The lowest BCUT2D eigenvalue weighted by atomic mass is 9.99. The van der Waals surface area contributed by atoms with Crippen LogP contribution in [0.25, 0.3) is 11.5 Å². The number of carbonyl (C=O) groups is 1. The zero-order valence-corrected chi connectivity index (χ0v) is 24.0. The van der Waals surface area contributed by atoms with Gasteiger partial charge in [0, 0.05) is 6.54 Å². The van der Waals surface area contributed by atoms with Gasteiger partial charge >= 0.3 is 0 Å². The van der Waals surface area contributed by atoms with Crippen LogP contribution < -0.4 is 19.9 Å². The number of sulfonamides is 1. The van der Waals surface area contributed by atoms with E-state index in [1.54, 1.807) is 44.4 Å². The number of anilines is 2.